The smallest absolute Gasteiger partial charge is 0.303 e. The highest BCUT2D eigenvalue weighted by Crippen LogP contribution is 2.66. The summed E-state index contributed by atoms with van der Waals surface area (Å²) in [6, 6.07) is 0. The lowest BCUT2D eigenvalue weighted by molar-refractivity contribution is -0.168. The van der Waals surface area contributed by atoms with Gasteiger partial charge >= 0.3 is 5.97 Å². The summed E-state index contributed by atoms with van der Waals surface area (Å²) in [6.07, 6.45) is 5.64. The quantitative estimate of drug-likeness (QED) is 0.742. The maximum absolute atomic E-state index is 13.6. The minimum absolute atomic E-state index is 0.0260. The van der Waals surface area contributed by atoms with Gasteiger partial charge in [-0.2, -0.15) is 0 Å². The van der Waals surface area contributed by atoms with Crippen LogP contribution in [0, 0.1) is 46.3 Å². The van der Waals surface area contributed by atoms with E-state index in [-0.39, 0.29) is 53.4 Å². The third-order valence-electron chi connectivity index (χ3n) is 9.87. The summed E-state index contributed by atoms with van der Waals surface area (Å²) in [4.78, 5) is 38.0. The van der Waals surface area contributed by atoms with Gasteiger partial charge in [0.25, 0.3) is 0 Å². The van der Waals surface area contributed by atoms with Crippen molar-refractivity contribution in [2.45, 2.75) is 84.7 Å². The van der Waals surface area contributed by atoms with Gasteiger partial charge in [-0.1, -0.05) is 20.8 Å². The number of rotatable bonds is 4. The van der Waals surface area contributed by atoms with Crippen LogP contribution >= 0.6 is 0 Å². The molecule has 0 spiro atoms. The highest BCUT2D eigenvalue weighted by Gasteiger charge is 2.66. The molecule has 0 heterocycles. The van der Waals surface area contributed by atoms with Crippen molar-refractivity contribution in [1.29, 1.82) is 0 Å². The maximum atomic E-state index is 13.6. The molecule has 2 N–H and O–H groups in total. The van der Waals surface area contributed by atoms with Crippen LogP contribution in [0.1, 0.15) is 78.6 Å². The lowest BCUT2D eigenvalue weighted by Crippen LogP contribution is -2.60. The molecule has 9 atom stereocenters. The van der Waals surface area contributed by atoms with E-state index in [0.717, 1.165) is 25.7 Å². The number of hydrogen-bond acceptors (Lipinski definition) is 4. The number of carbonyl (C=O) groups is 3. The molecule has 4 rings (SSSR count). The van der Waals surface area contributed by atoms with Crippen molar-refractivity contribution in [3.05, 3.63) is 0 Å². The van der Waals surface area contributed by atoms with E-state index in [1.165, 1.54) is 0 Å². The molecular weight excluding hydrogens is 368 g/mol. The fourth-order valence-electron chi connectivity index (χ4n) is 8.13. The number of aliphatic hydroxyl groups is 1. The predicted molar refractivity (Wildman–Crippen MR) is 108 cm³/mol. The second-order valence-corrected chi connectivity index (χ2v) is 11.0. The van der Waals surface area contributed by atoms with Gasteiger partial charge in [0.15, 0.2) is 0 Å². The Morgan fingerprint density at radius 2 is 1.86 bits per heavy atom. The first-order valence-corrected chi connectivity index (χ1v) is 11.5. The molecule has 4 aliphatic rings. The molecule has 0 saturated heterocycles. The number of carboxylic acids is 1. The van der Waals surface area contributed by atoms with E-state index < -0.39 is 11.4 Å². The van der Waals surface area contributed by atoms with Gasteiger partial charge in [0.05, 0.1) is 6.10 Å². The van der Waals surface area contributed by atoms with Crippen LogP contribution in [0.4, 0.5) is 0 Å². The van der Waals surface area contributed by atoms with E-state index >= 15 is 0 Å². The summed E-state index contributed by atoms with van der Waals surface area (Å²) in [5.74, 6) is 0.550. The largest absolute Gasteiger partial charge is 0.481 e. The van der Waals surface area contributed by atoms with E-state index in [9.17, 15) is 19.5 Å². The summed E-state index contributed by atoms with van der Waals surface area (Å²) in [5, 5.41) is 19.2. The average Bonchev–Trinajstić information content (AvgIpc) is 3.01. The van der Waals surface area contributed by atoms with Crippen molar-refractivity contribution >= 4 is 17.5 Å². The standard InChI is InChI=1S/C24H36O5/c1-13(4-7-21(28)29)16-5-6-17-22-18(12-20(27)24(16,17)3)23(2)9-8-15(25)10-14(23)11-19(22)26/h13-18,22,25H,4-12H2,1-3H3,(H,28,29)/t13-,14?,15-,16-,17?,18?,22?,23+,24-/m1/s1. The summed E-state index contributed by atoms with van der Waals surface area (Å²) in [6.45, 7) is 6.44. The van der Waals surface area contributed by atoms with Crippen LogP contribution < -0.4 is 0 Å². The zero-order chi connectivity index (χ0) is 21.1. The molecule has 0 aliphatic heterocycles. The third-order valence-corrected chi connectivity index (χ3v) is 9.87. The first-order valence-electron chi connectivity index (χ1n) is 11.5. The Hall–Kier alpha value is -1.23. The molecule has 5 heteroatoms. The molecule has 0 amide bonds. The van der Waals surface area contributed by atoms with E-state index in [0.29, 0.717) is 37.2 Å². The van der Waals surface area contributed by atoms with Crippen LogP contribution in [0.2, 0.25) is 0 Å². The zero-order valence-electron chi connectivity index (χ0n) is 18.0. The minimum Gasteiger partial charge on any atom is -0.481 e. The van der Waals surface area contributed by atoms with Crippen molar-refractivity contribution in [1.82, 2.24) is 0 Å². The van der Waals surface area contributed by atoms with Gasteiger partial charge in [0.2, 0.25) is 0 Å². The van der Waals surface area contributed by atoms with Crippen molar-refractivity contribution in [3.63, 3.8) is 0 Å². The molecule has 0 bridgehead atoms. The Kier molecular flexibility index (Phi) is 5.20. The lowest BCUT2D eigenvalue weighted by Gasteiger charge is -2.59. The summed E-state index contributed by atoms with van der Waals surface area (Å²) in [7, 11) is 0. The molecule has 162 valence electrons. The Labute approximate surface area is 173 Å². The first-order chi connectivity index (χ1) is 13.6. The molecule has 29 heavy (non-hydrogen) atoms. The van der Waals surface area contributed by atoms with Crippen molar-refractivity contribution in [3.8, 4) is 0 Å². The van der Waals surface area contributed by atoms with Gasteiger partial charge in [0.1, 0.15) is 11.6 Å². The summed E-state index contributed by atoms with van der Waals surface area (Å²) in [5.41, 5.74) is -0.520. The maximum Gasteiger partial charge on any atom is 0.303 e. The van der Waals surface area contributed by atoms with Crippen molar-refractivity contribution < 1.29 is 24.6 Å². The number of hydrogen-bond donors (Lipinski definition) is 2. The molecule has 0 aromatic rings. The highest BCUT2D eigenvalue weighted by atomic mass is 16.4. The Bertz CT molecular complexity index is 716. The van der Waals surface area contributed by atoms with Crippen LogP contribution in [0.15, 0.2) is 0 Å². The van der Waals surface area contributed by atoms with Crippen LogP contribution in [0.25, 0.3) is 0 Å². The van der Waals surface area contributed by atoms with E-state index in [1.54, 1.807) is 0 Å². The number of carbonyl (C=O) groups excluding carboxylic acids is 2. The van der Waals surface area contributed by atoms with Gasteiger partial charge in [-0.3, -0.25) is 14.4 Å². The Morgan fingerprint density at radius 1 is 1.14 bits per heavy atom. The number of Topliss-reactive ketones (excluding diaryl/α,β-unsaturated/α-hetero) is 2. The van der Waals surface area contributed by atoms with Crippen molar-refractivity contribution in [2.24, 2.45) is 46.3 Å². The number of aliphatic carboxylic acids is 1. The molecule has 4 saturated carbocycles. The van der Waals surface area contributed by atoms with E-state index in [1.807, 2.05) is 0 Å². The fraction of sp³-hybridized carbons (Fsp3) is 0.875. The van der Waals surface area contributed by atoms with E-state index in [4.69, 9.17) is 5.11 Å². The Morgan fingerprint density at radius 3 is 2.55 bits per heavy atom. The second-order valence-electron chi connectivity index (χ2n) is 11.0. The fourth-order valence-corrected chi connectivity index (χ4v) is 8.13. The van der Waals surface area contributed by atoms with Gasteiger partial charge in [-0.15, -0.1) is 0 Å². The molecule has 4 unspecified atom stereocenters. The van der Waals surface area contributed by atoms with Crippen LogP contribution in [0.3, 0.4) is 0 Å². The molecule has 4 aliphatic carbocycles. The molecule has 0 aromatic carbocycles. The Balaban J connectivity index is 1.62. The van der Waals surface area contributed by atoms with Gasteiger partial charge in [-0.05, 0) is 73.5 Å². The molecule has 0 aromatic heterocycles. The topological polar surface area (TPSA) is 91.7 Å². The van der Waals surface area contributed by atoms with Crippen LogP contribution in [-0.2, 0) is 14.4 Å². The number of aliphatic hydroxyl groups excluding tert-OH is 1. The average molecular weight is 405 g/mol. The molecular formula is C24H36O5. The van der Waals surface area contributed by atoms with Gasteiger partial charge in [-0.25, -0.2) is 0 Å². The lowest BCUT2D eigenvalue weighted by atomic mass is 9.43. The van der Waals surface area contributed by atoms with Gasteiger partial charge in [0, 0.05) is 30.6 Å². The number of ketones is 2. The normalized spacial score (nSPS) is 47.9. The highest BCUT2D eigenvalue weighted by molar-refractivity contribution is 5.92. The number of carboxylic acid groups (broad SMARTS) is 1. The second kappa shape index (κ2) is 7.18. The summed E-state index contributed by atoms with van der Waals surface area (Å²) >= 11 is 0. The van der Waals surface area contributed by atoms with Gasteiger partial charge < -0.3 is 10.2 Å². The molecule has 0 radical (unpaired) electrons. The monoisotopic (exact) mass is 404 g/mol. The van der Waals surface area contributed by atoms with E-state index in [2.05, 4.69) is 20.8 Å². The zero-order valence-corrected chi connectivity index (χ0v) is 18.0. The van der Waals surface area contributed by atoms with Crippen LogP contribution in [0.5, 0.6) is 0 Å². The third kappa shape index (κ3) is 3.10. The SMILES string of the molecule is C[C@H](CCC(=O)O)[C@H]1CCC2C3C(=O)CC4C[C@H](O)CC[C@]4(C)C3CC(=O)[C@@]21C. The predicted octanol–water partition coefficient (Wildman–Crippen LogP) is 3.87. The first kappa shape index (κ1) is 21.0. The molecule has 4 fully saturated rings. The summed E-state index contributed by atoms with van der Waals surface area (Å²) < 4.78 is 0. The number of fused-ring (bicyclic) bond motifs is 5. The van der Waals surface area contributed by atoms with Crippen LogP contribution in [-0.4, -0.2) is 33.9 Å². The molecule has 5 nitrogen and oxygen atoms in total. The van der Waals surface area contributed by atoms with Crippen molar-refractivity contribution in [2.75, 3.05) is 0 Å². The minimum atomic E-state index is -0.785.